The smallest absolute Gasteiger partial charge is 0.329 e. The van der Waals surface area contributed by atoms with E-state index >= 15 is 0 Å². The van der Waals surface area contributed by atoms with Crippen molar-refractivity contribution in [1.29, 1.82) is 0 Å². The average molecular weight is 409 g/mol. The van der Waals surface area contributed by atoms with Gasteiger partial charge in [0.2, 0.25) is 0 Å². The number of hydrogen-bond acceptors (Lipinski definition) is 4. The molecule has 1 saturated carbocycles. The molecule has 25 heavy (non-hydrogen) atoms. The lowest BCUT2D eigenvalue weighted by Crippen LogP contribution is -2.41. The number of phenolic OH excluding ortho intramolecular Hbond substituents is 1. The number of amides is 3. The molecule has 0 radical (unpaired) electrons. The second-order valence-corrected chi connectivity index (χ2v) is 7.08. The molecule has 1 aromatic carbocycles. The second kappa shape index (κ2) is 7.47. The van der Waals surface area contributed by atoms with Crippen molar-refractivity contribution >= 4 is 33.9 Å². The van der Waals surface area contributed by atoms with Gasteiger partial charge < -0.3 is 15.2 Å². The fourth-order valence-electron chi connectivity index (χ4n) is 3.32. The van der Waals surface area contributed by atoms with Crippen LogP contribution in [0.5, 0.6) is 11.5 Å². The second-order valence-electron chi connectivity index (χ2n) is 6.23. The summed E-state index contributed by atoms with van der Waals surface area (Å²) in [5.74, 6) is 0.0507. The van der Waals surface area contributed by atoms with Crippen molar-refractivity contribution in [3.63, 3.8) is 0 Å². The van der Waals surface area contributed by atoms with Crippen LogP contribution in [0.15, 0.2) is 22.3 Å². The van der Waals surface area contributed by atoms with E-state index in [4.69, 9.17) is 4.74 Å². The molecule has 2 N–H and O–H groups in total. The average Bonchev–Trinajstić information content (AvgIpc) is 2.87. The molecule has 2 fully saturated rings. The van der Waals surface area contributed by atoms with Crippen molar-refractivity contribution in [2.45, 2.75) is 45.1 Å². The van der Waals surface area contributed by atoms with Crippen LogP contribution >= 0.6 is 15.9 Å². The van der Waals surface area contributed by atoms with Gasteiger partial charge in [-0.25, -0.2) is 4.79 Å². The summed E-state index contributed by atoms with van der Waals surface area (Å²) in [6, 6.07) is 2.77. The third kappa shape index (κ3) is 3.66. The molecular weight excluding hydrogens is 388 g/mol. The predicted octanol–water partition coefficient (Wildman–Crippen LogP) is 3.78. The van der Waals surface area contributed by atoms with Crippen LogP contribution in [0.1, 0.15) is 44.6 Å². The molecule has 6 nitrogen and oxygen atoms in total. The zero-order valence-electron chi connectivity index (χ0n) is 14.0. The Hall–Kier alpha value is -2.02. The monoisotopic (exact) mass is 408 g/mol. The highest BCUT2D eigenvalue weighted by atomic mass is 79.9. The van der Waals surface area contributed by atoms with Crippen molar-refractivity contribution in [1.82, 2.24) is 10.2 Å². The van der Waals surface area contributed by atoms with Crippen molar-refractivity contribution in [3.8, 4) is 11.5 Å². The lowest BCUT2D eigenvalue weighted by Gasteiger charge is -2.28. The highest BCUT2D eigenvalue weighted by Gasteiger charge is 2.39. The summed E-state index contributed by atoms with van der Waals surface area (Å²) in [5, 5.41) is 12.6. The van der Waals surface area contributed by atoms with Crippen LogP contribution < -0.4 is 10.1 Å². The zero-order valence-corrected chi connectivity index (χ0v) is 15.6. The third-order valence-corrected chi connectivity index (χ3v) is 5.21. The van der Waals surface area contributed by atoms with E-state index in [1.54, 1.807) is 12.1 Å². The standard InChI is InChI=1S/C18H21BrN2O4/c1-2-25-16-9-11(13(19)10-15(16)22)8-14-17(23)21(18(24)20-14)12-6-4-3-5-7-12/h8-10,12,22H,2-7H2,1H3,(H,20,24)/b14-8-. The van der Waals surface area contributed by atoms with Gasteiger partial charge in [0, 0.05) is 10.5 Å². The number of hydrogen-bond donors (Lipinski definition) is 2. The molecule has 3 amide bonds. The molecule has 0 bridgehead atoms. The molecule has 0 unspecified atom stereocenters. The summed E-state index contributed by atoms with van der Waals surface area (Å²) >= 11 is 3.37. The van der Waals surface area contributed by atoms with E-state index in [9.17, 15) is 14.7 Å². The maximum atomic E-state index is 12.7. The molecule has 0 atom stereocenters. The summed E-state index contributed by atoms with van der Waals surface area (Å²) < 4.78 is 5.99. The molecule has 1 saturated heterocycles. The largest absolute Gasteiger partial charge is 0.504 e. The molecule has 134 valence electrons. The number of carbonyl (C=O) groups is 2. The summed E-state index contributed by atoms with van der Waals surface area (Å²) in [7, 11) is 0. The fraction of sp³-hybridized carbons (Fsp3) is 0.444. The lowest BCUT2D eigenvalue weighted by molar-refractivity contribution is -0.124. The Morgan fingerprint density at radius 3 is 2.72 bits per heavy atom. The number of imide groups is 1. The Morgan fingerprint density at radius 2 is 2.04 bits per heavy atom. The van der Waals surface area contributed by atoms with Gasteiger partial charge in [0.15, 0.2) is 11.5 Å². The van der Waals surface area contributed by atoms with E-state index in [1.807, 2.05) is 6.92 Å². The minimum absolute atomic E-state index is 0.0153. The quantitative estimate of drug-likeness (QED) is 0.586. The topological polar surface area (TPSA) is 78.9 Å². The van der Waals surface area contributed by atoms with Gasteiger partial charge in [-0.2, -0.15) is 0 Å². The van der Waals surface area contributed by atoms with Crippen LogP contribution in [0.25, 0.3) is 6.08 Å². The molecular formula is C18H21BrN2O4. The first kappa shape index (κ1) is 17.8. The number of urea groups is 1. The van der Waals surface area contributed by atoms with Gasteiger partial charge in [0.1, 0.15) is 5.70 Å². The first-order chi connectivity index (χ1) is 12.0. The van der Waals surface area contributed by atoms with E-state index in [1.165, 1.54) is 11.0 Å². The summed E-state index contributed by atoms with van der Waals surface area (Å²) in [6.07, 6.45) is 6.58. The third-order valence-electron chi connectivity index (χ3n) is 4.53. The van der Waals surface area contributed by atoms with Gasteiger partial charge in [0.05, 0.1) is 6.61 Å². The van der Waals surface area contributed by atoms with Gasteiger partial charge in [-0.05, 0) is 43.5 Å². The Bertz CT molecular complexity index is 726. The number of aromatic hydroxyl groups is 1. The normalized spacial score (nSPS) is 20.2. The predicted molar refractivity (Wildman–Crippen MR) is 97.2 cm³/mol. The first-order valence-electron chi connectivity index (χ1n) is 8.52. The summed E-state index contributed by atoms with van der Waals surface area (Å²) in [5.41, 5.74) is 0.889. The molecule has 7 heteroatoms. The summed E-state index contributed by atoms with van der Waals surface area (Å²) in [4.78, 5) is 26.3. The Balaban J connectivity index is 1.88. The Morgan fingerprint density at radius 1 is 1.32 bits per heavy atom. The molecule has 1 aliphatic heterocycles. The number of nitrogens with one attached hydrogen (secondary N) is 1. The van der Waals surface area contributed by atoms with Gasteiger partial charge in [-0.15, -0.1) is 0 Å². The van der Waals surface area contributed by atoms with Crippen molar-refractivity contribution in [2.24, 2.45) is 0 Å². The van der Waals surface area contributed by atoms with Gasteiger partial charge in [0.25, 0.3) is 5.91 Å². The Labute approximate surface area is 155 Å². The van der Waals surface area contributed by atoms with Crippen molar-refractivity contribution < 1.29 is 19.4 Å². The minimum Gasteiger partial charge on any atom is -0.504 e. The molecule has 1 heterocycles. The number of nitrogens with zero attached hydrogens (tertiary/aromatic N) is 1. The lowest BCUT2D eigenvalue weighted by atomic mass is 9.94. The molecule has 3 rings (SSSR count). The van der Waals surface area contributed by atoms with Gasteiger partial charge >= 0.3 is 6.03 Å². The maximum Gasteiger partial charge on any atom is 0.329 e. The highest BCUT2D eigenvalue weighted by Crippen LogP contribution is 2.34. The van der Waals surface area contributed by atoms with Crippen LogP contribution in [0.4, 0.5) is 4.79 Å². The van der Waals surface area contributed by atoms with Crippen LogP contribution in [0.2, 0.25) is 0 Å². The van der Waals surface area contributed by atoms with Gasteiger partial charge in [-0.3, -0.25) is 9.69 Å². The molecule has 1 aromatic rings. The van der Waals surface area contributed by atoms with Crippen LogP contribution in [-0.2, 0) is 4.79 Å². The molecule has 0 aromatic heterocycles. The van der Waals surface area contributed by atoms with Crippen molar-refractivity contribution in [2.75, 3.05) is 6.61 Å². The Kier molecular flexibility index (Phi) is 5.32. The molecule has 0 spiro atoms. The van der Waals surface area contributed by atoms with Crippen molar-refractivity contribution in [3.05, 3.63) is 27.9 Å². The summed E-state index contributed by atoms with van der Waals surface area (Å²) in [6.45, 7) is 2.23. The van der Waals surface area contributed by atoms with Crippen LogP contribution in [0, 0.1) is 0 Å². The molecule has 1 aliphatic carbocycles. The minimum atomic E-state index is -0.358. The number of carbonyl (C=O) groups excluding carboxylic acids is 2. The molecule has 2 aliphatic rings. The van der Waals surface area contributed by atoms with Crippen LogP contribution in [0.3, 0.4) is 0 Å². The zero-order chi connectivity index (χ0) is 18.0. The van der Waals surface area contributed by atoms with E-state index in [0.717, 1.165) is 32.1 Å². The number of halogens is 1. The first-order valence-corrected chi connectivity index (χ1v) is 9.32. The van der Waals surface area contributed by atoms with E-state index in [-0.39, 0.29) is 29.4 Å². The maximum absolute atomic E-state index is 12.7. The fourth-order valence-corrected chi connectivity index (χ4v) is 3.76. The number of phenols is 1. The number of benzene rings is 1. The van der Waals surface area contributed by atoms with E-state index in [0.29, 0.717) is 22.4 Å². The van der Waals surface area contributed by atoms with E-state index < -0.39 is 0 Å². The number of ether oxygens (including phenoxy) is 1. The SMILES string of the molecule is CCOc1cc(/C=C2\NC(=O)N(C3CCCCC3)C2=O)c(Br)cc1O. The van der Waals surface area contributed by atoms with Gasteiger partial charge in [-0.1, -0.05) is 35.2 Å². The highest BCUT2D eigenvalue weighted by molar-refractivity contribution is 9.10. The van der Waals surface area contributed by atoms with E-state index in [2.05, 4.69) is 21.2 Å². The number of rotatable bonds is 4. The van der Waals surface area contributed by atoms with Crippen LogP contribution in [-0.4, -0.2) is 34.6 Å².